The molecule has 3 nitrogen and oxygen atoms in total. The molecule has 1 aliphatic rings. The van der Waals surface area contributed by atoms with E-state index in [1.54, 1.807) is 0 Å². The summed E-state index contributed by atoms with van der Waals surface area (Å²) in [7, 11) is 0. The molecule has 0 saturated carbocycles. The average molecular weight is 257 g/mol. The first-order chi connectivity index (χ1) is 9.28. The minimum Gasteiger partial charge on any atom is -0.328 e. The van der Waals surface area contributed by atoms with E-state index in [0.717, 1.165) is 36.9 Å². The van der Waals surface area contributed by atoms with Crippen molar-refractivity contribution in [1.29, 1.82) is 0 Å². The second-order valence-corrected chi connectivity index (χ2v) is 5.83. The fourth-order valence-electron chi connectivity index (χ4n) is 3.32. The van der Waals surface area contributed by atoms with Crippen LogP contribution in [0.2, 0.25) is 0 Å². The highest BCUT2D eigenvalue weighted by Crippen LogP contribution is 2.23. The topological polar surface area (TPSA) is 29.9 Å². The largest absolute Gasteiger partial charge is 0.328 e. The van der Waals surface area contributed by atoms with Crippen molar-refractivity contribution in [2.24, 2.45) is 11.8 Å². The number of hydrogen-bond acceptors (Lipinski definition) is 2. The summed E-state index contributed by atoms with van der Waals surface area (Å²) in [5, 5.41) is 3.54. The Bertz CT molecular complexity index is 558. The van der Waals surface area contributed by atoms with E-state index in [1.165, 1.54) is 24.3 Å². The lowest BCUT2D eigenvalue weighted by atomic mass is 9.89. The van der Waals surface area contributed by atoms with Crippen LogP contribution in [0.5, 0.6) is 0 Å². The molecule has 0 amide bonds. The first-order valence-electron chi connectivity index (χ1n) is 7.42. The summed E-state index contributed by atoms with van der Waals surface area (Å²) >= 11 is 0. The summed E-state index contributed by atoms with van der Waals surface area (Å²) in [6.07, 6.45) is 2.42. The quantitative estimate of drug-likeness (QED) is 0.916. The van der Waals surface area contributed by atoms with Gasteiger partial charge in [-0.25, -0.2) is 4.98 Å². The summed E-state index contributed by atoms with van der Waals surface area (Å²) < 4.78 is 2.37. The second-order valence-electron chi connectivity index (χ2n) is 5.83. The minimum atomic E-state index is 0.728. The van der Waals surface area contributed by atoms with Crippen LogP contribution in [0, 0.1) is 11.8 Å². The number of piperidine rings is 1. The third-order valence-corrected chi connectivity index (χ3v) is 4.18. The number of imidazole rings is 1. The Morgan fingerprint density at radius 3 is 2.95 bits per heavy atom. The zero-order valence-corrected chi connectivity index (χ0v) is 11.9. The zero-order chi connectivity index (χ0) is 13.2. The Hall–Kier alpha value is -1.35. The number of para-hydroxylation sites is 2. The fourth-order valence-corrected chi connectivity index (χ4v) is 3.32. The van der Waals surface area contributed by atoms with E-state index < -0.39 is 0 Å². The number of nitrogens with zero attached hydrogens (tertiary/aromatic N) is 2. The molecule has 0 bridgehead atoms. The average Bonchev–Trinajstić information content (AvgIpc) is 2.75. The number of aromatic nitrogens is 2. The Morgan fingerprint density at radius 2 is 2.16 bits per heavy atom. The molecule has 1 saturated heterocycles. The number of benzene rings is 1. The molecule has 0 spiro atoms. The molecule has 2 heterocycles. The van der Waals surface area contributed by atoms with E-state index in [1.807, 2.05) is 0 Å². The maximum atomic E-state index is 4.84. The van der Waals surface area contributed by atoms with E-state index >= 15 is 0 Å². The van der Waals surface area contributed by atoms with Gasteiger partial charge in [-0.05, 0) is 50.4 Å². The van der Waals surface area contributed by atoms with Gasteiger partial charge >= 0.3 is 0 Å². The van der Waals surface area contributed by atoms with Gasteiger partial charge in [0.25, 0.3) is 0 Å². The highest BCUT2D eigenvalue weighted by Gasteiger charge is 2.21. The van der Waals surface area contributed by atoms with Crippen molar-refractivity contribution in [2.45, 2.75) is 33.2 Å². The lowest BCUT2D eigenvalue weighted by Crippen LogP contribution is -2.36. The molecule has 1 N–H and O–H groups in total. The maximum absolute atomic E-state index is 4.84. The molecule has 1 aromatic carbocycles. The van der Waals surface area contributed by atoms with Gasteiger partial charge in [0.1, 0.15) is 5.82 Å². The summed E-state index contributed by atoms with van der Waals surface area (Å²) in [5.41, 5.74) is 2.41. The molecule has 3 rings (SSSR count). The number of aryl methyl sites for hydroxylation is 1. The molecule has 0 radical (unpaired) electrons. The maximum Gasteiger partial charge on any atom is 0.110 e. The van der Waals surface area contributed by atoms with Gasteiger partial charge in [-0.3, -0.25) is 0 Å². The molecule has 2 unspecified atom stereocenters. The van der Waals surface area contributed by atoms with Crippen LogP contribution in [-0.2, 0) is 13.0 Å². The molecule has 1 fully saturated rings. The van der Waals surface area contributed by atoms with E-state index in [0.29, 0.717) is 0 Å². The van der Waals surface area contributed by atoms with Crippen molar-refractivity contribution in [3.8, 4) is 0 Å². The van der Waals surface area contributed by atoms with Gasteiger partial charge < -0.3 is 9.88 Å². The molecule has 1 aromatic heterocycles. The van der Waals surface area contributed by atoms with Crippen molar-refractivity contribution in [1.82, 2.24) is 14.9 Å². The molecular weight excluding hydrogens is 234 g/mol. The normalized spacial score (nSPS) is 23.9. The van der Waals surface area contributed by atoms with Gasteiger partial charge in [0.15, 0.2) is 0 Å². The predicted octanol–water partition coefficient (Wildman–Crippen LogP) is 2.84. The van der Waals surface area contributed by atoms with Crippen molar-refractivity contribution < 1.29 is 0 Å². The Labute approximate surface area is 115 Å². The third-order valence-electron chi connectivity index (χ3n) is 4.18. The molecule has 2 atom stereocenters. The van der Waals surface area contributed by atoms with Gasteiger partial charge in [-0.15, -0.1) is 0 Å². The van der Waals surface area contributed by atoms with E-state index in [9.17, 15) is 0 Å². The van der Waals surface area contributed by atoms with E-state index in [-0.39, 0.29) is 0 Å². The number of nitrogens with one attached hydrogen (secondary N) is 1. The highest BCUT2D eigenvalue weighted by atomic mass is 15.1. The van der Waals surface area contributed by atoms with Crippen LogP contribution in [0.4, 0.5) is 0 Å². The summed E-state index contributed by atoms with van der Waals surface area (Å²) in [6, 6.07) is 8.47. The number of hydrogen-bond donors (Lipinski definition) is 1. The summed E-state index contributed by atoms with van der Waals surface area (Å²) in [5.74, 6) is 2.77. The van der Waals surface area contributed by atoms with Crippen LogP contribution in [0.3, 0.4) is 0 Å². The molecular formula is C16H23N3. The predicted molar refractivity (Wildman–Crippen MR) is 79.3 cm³/mol. The number of rotatable bonds is 3. The third kappa shape index (κ3) is 2.52. The van der Waals surface area contributed by atoms with E-state index in [4.69, 9.17) is 4.98 Å². The van der Waals surface area contributed by atoms with Crippen LogP contribution < -0.4 is 5.32 Å². The highest BCUT2D eigenvalue weighted by molar-refractivity contribution is 5.75. The molecule has 1 aliphatic heterocycles. The zero-order valence-electron chi connectivity index (χ0n) is 11.9. The smallest absolute Gasteiger partial charge is 0.110 e. The lowest BCUT2D eigenvalue weighted by Gasteiger charge is -2.27. The fraction of sp³-hybridized carbons (Fsp3) is 0.562. The van der Waals surface area contributed by atoms with E-state index in [2.05, 4.69) is 48.0 Å². The van der Waals surface area contributed by atoms with Crippen LogP contribution in [0.15, 0.2) is 24.3 Å². The van der Waals surface area contributed by atoms with Crippen LogP contribution in [0.25, 0.3) is 11.0 Å². The monoisotopic (exact) mass is 257 g/mol. The standard InChI is InChI=1S/C16H23N3/c1-3-19-15-7-5-4-6-14(15)18-16(19)9-13-8-12(2)10-17-11-13/h4-7,12-13,17H,3,8-11H2,1-2H3. The van der Waals surface area contributed by atoms with Crippen molar-refractivity contribution in [3.63, 3.8) is 0 Å². The number of fused-ring (bicyclic) bond motifs is 1. The van der Waals surface area contributed by atoms with Gasteiger partial charge in [-0.2, -0.15) is 0 Å². The van der Waals surface area contributed by atoms with Gasteiger partial charge in [0, 0.05) is 13.0 Å². The molecule has 3 heteroatoms. The van der Waals surface area contributed by atoms with Crippen LogP contribution >= 0.6 is 0 Å². The van der Waals surface area contributed by atoms with Crippen molar-refractivity contribution in [3.05, 3.63) is 30.1 Å². The minimum absolute atomic E-state index is 0.728. The van der Waals surface area contributed by atoms with Gasteiger partial charge in [-0.1, -0.05) is 19.1 Å². The Balaban J connectivity index is 1.87. The SMILES string of the molecule is CCn1c(CC2CNCC(C)C2)nc2ccccc21. The lowest BCUT2D eigenvalue weighted by molar-refractivity contribution is 0.296. The molecule has 102 valence electrons. The second kappa shape index (κ2) is 5.33. The van der Waals surface area contributed by atoms with Crippen LogP contribution in [0.1, 0.15) is 26.1 Å². The summed E-state index contributed by atoms with van der Waals surface area (Å²) in [6.45, 7) is 7.85. The first kappa shape index (κ1) is 12.7. The molecule has 0 aliphatic carbocycles. The van der Waals surface area contributed by atoms with Crippen molar-refractivity contribution >= 4 is 11.0 Å². The Morgan fingerprint density at radius 1 is 1.32 bits per heavy atom. The van der Waals surface area contributed by atoms with Gasteiger partial charge in [0.2, 0.25) is 0 Å². The van der Waals surface area contributed by atoms with Gasteiger partial charge in [0.05, 0.1) is 11.0 Å². The first-order valence-corrected chi connectivity index (χ1v) is 7.42. The Kier molecular flexibility index (Phi) is 3.56. The molecule has 2 aromatic rings. The summed E-state index contributed by atoms with van der Waals surface area (Å²) in [4.78, 5) is 4.84. The van der Waals surface area contributed by atoms with Crippen LogP contribution in [-0.4, -0.2) is 22.6 Å². The van der Waals surface area contributed by atoms with Crippen molar-refractivity contribution in [2.75, 3.05) is 13.1 Å². The molecule has 19 heavy (non-hydrogen) atoms.